The van der Waals surface area contributed by atoms with Crippen LogP contribution in [0.5, 0.6) is 0 Å². The Balaban J connectivity index is 2.15. The molecule has 0 saturated heterocycles. The van der Waals surface area contributed by atoms with E-state index in [1.807, 2.05) is 32.0 Å². The van der Waals surface area contributed by atoms with Gasteiger partial charge in [-0.1, -0.05) is 28.9 Å². The molecule has 2 amide bonds. The third-order valence-electron chi connectivity index (χ3n) is 3.36. The number of carbonyl (C=O) groups is 2. The van der Waals surface area contributed by atoms with Gasteiger partial charge in [-0.3, -0.25) is 9.59 Å². The van der Waals surface area contributed by atoms with Crippen LogP contribution in [0.1, 0.15) is 39.6 Å². The molecule has 2 N–H and O–H groups in total. The summed E-state index contributed by atoms with van der Waals surface area (Å²) in [5, 5.41) is 5.68. The summed E-state index contributed by atoms with van der Waals surface area (Å²) < 4.78 is 0.961. The number of anilines is 1. The fourth-order valence-electron chi connectivity index (χ4n) is 2.10. The molecule has 0 atom stereocenters. The second-order valence-corrected chi connectivity index (χ2v) is 6.17. The Bertz CT molecular complexity index is 729. The maximum Gasteiger partial charge on any atom is 0.255 e. The van der Waals surface area contributed by atoms with E-state index in [1.165, 1.54) is 0 Å². The zero-order valence-electron chi connectivity index (χ0n) is 13.2. The van der Waals surface area contributed by atoms with Crippen LogP contribution in [-0.4, -0.2) is 18.4 Å². The van der Waals surface area contributed by atoms with Crippen molar-refractivity contribution in [3.05, 3.63) is 63.6 Å². The van der Waals surface area contributed by atoms with Gasteiger partial charge >= 0.3 is 0 Å². The van der Waals surface area contributed by atoms with Gasteiger partial charge in [0.1, 0.15) is 0 Å². The van der Waals surface area contributed by atoms with E-state index in [9.17, 15) is 9.59 Å². The molecule has 23 heavy (non-hydrogen) atoms. The van der Waals surface area contributed by atoms with Crippen LogP contribution in [-0.2, 0) is 0 Å². The molecule has 120 valence electrons. The number of carbonyl (C=O) groups excluding carboxylic acids is 2. The second-order valence-electron chi connectivity index (χ2n) is 5.25. The predicted molar refractivity (Wildman–Crippen MR) is 95.9 cm³/mol. The van der Waals surface area contributed by atoms with Gasteiger partial charge in [0.05, 0.1) is 0 Å². The third-order valence-corrected chi connectivity index (χ3v) is 3.85. The molecule has 0 aliphatic rings. The van der Waals surface area contributed by atoms with Gasteiger partial charge in [0.2, 0.25) is 0 Å². The smallest absolute Gasteiger partial charge is 0.255 e. The van der Waals surface area contributed by atoms with Crippen molar-refractivity contribution < 1.29 is 9.59 Å². The molecule has 0 bridgehead atoms. The molecular weight excluding hydrogens is 356 g/mol. The number of amides is 2. The summed E-state index contributed by atoms with van der Waals surface area (Å²) in [7, 11) is 0. The number of hydrogen-bond donors (Lipinski definition) is 2. The van der Waals surface area contributed by atoms with Gasteiger partial charge in [0, 0.05) is 27.8 Å². The second kappa shape index (κ2) is 7.92. The first kappa shape index (κ1) is 17.2. The minimum Gasteiger partial charge on any atom is -0.352 e. The molecule has 5 heteroatoms. The molecule has 0 spiro atoms. The van der Waals surface area contributed by atoms with E-state index < -0.39 is 0 Å². The van der Waals surface area contributed by atoms with E-state index in [2.05, 4.69) is 26.6 Å². The number of aryl methyl sites for hydroxylation is 1. The van der Waals surface area contributed by atoms with Gasteiger partial charge in [-0.2, -0.15) is 0 Å². The van der Waals surface area contributed by atoms with Crippen LogP contribution >= 0.6 is 15.9 Å². The lowest BCUT2D eigenvalue weighted by Crippen LogP contribution is -2.24. The maximum absolute atomic E-state index is 12.4. The minimum absolute atomic E-state index is 0.165. The Morgan fingerprint density at radius 3 is 2.39 bits per heavy atom. The van der Waals surface area contributed by atoms with Crippen LogP contribution in [0.25, 0.3) is 0 Å². The normalized spacial score (nSPS) is 10.2. The monoisotopic (exact) mass is 374 g/mol. The van der Waals surface area contributed by atoms with Crippen molar-refractivity contribution in [2.24, 2.45) is 0 Å². The lowest BCUT2D eigenvalue weighted by molar-refractivity contribution is 0.0953. The fraction of sp³-hybridized carbons (Fsp3) is 0.222. The van der Waals surface area contributed by atoms with Crippen LogP contribution in [0.3, 0.4) is 0 Å². The molecule has 0 fully saturated rings. The molecule has 2 rings (SSSR count). The SMILES string of the molecule is CCCNC(=O)c1cccc(C(=O)Nc2ccc(Br)cc2C)c1. The summed E-state index contributed by atoms with van der Waals surface area (Å²) in [6, 6.07) is 12.4. The van der Waals surface area contributed by atoms with Crippen molar-refractivity contribution in [3.8, 4) is 0 Å². The zero-order chi connectivity index (χ0) is 16.8. The first-order valence-corrected chi connectivity index (χ1v) is 8.26. The number of halogens is 1. The van der Waals surface area contributed by atoms with Crippen molar-refractivity contribution >= 4 is 33.4 Å². The predicted octanol–water partition coefficient (Wildman–Crippen LogP) is 4.15. The topological polar surface area (TPSA) is 58.2 Å². The first-order valence-electron chi connectivity index (χ1n) is 7.47. The highest BCUT2D eigenvalue weighted by molar-refractivity contribution is 9.10. The fourth-order valence-corrected chi connectivity index (χ4v) is 2.58. The van der Waals surface area contributed by atoms with Crippen LogP contribution in [0.4, 0.5) is 5.69 Å². The highest BCUT2D eigenvalue weighted by atomic mass is 79.9. The molecule has 0 saturated carbocycles. The summed E-state index contributed by atoms with van der Waals surface area (Å²) >= 11 is 3.40. The molecule has 0 aliphatic heterocycles. The highest BCUT2D eigenvalue weighted by Crippen LogP contribution is 2.20. The van der Waals surface area contributed by atoms with Crippen molar-refractivity contribution in [1.29, 1.82) is 0 Å². The molecule has 0 aromatic heterocycles. The summed E-state index contributed by atoms with van der Waals surface area (Å²) in [6.07, 6.45) is 0.870. The summed E-state index contributed by atoms with van der Waals surface area (Å²) in [5.74, 6) is -0.401. The molecule has 2 aromatic carbocycles. The van der Waals surface area contributed by atoms with Gasteiger partial charge < -0.3 is 10.6 Å². The first-order chi connectivity index (χ1) is 11.0. The Morgan fingerprint density at radius 2 is 1.74 bits per heavy atom. The van der Waals surface area contributed by atoms with Gasteiger partial charge in [-0.05, 0) is 55.3 Å². The average Bonchev–Trinajstić information content (AvgIpc) is 2.55. The number of benzene rings is 2. The van der Waals surface area contributed by atoms with Gasteiger partial charge in [0.25, 0.3) is 11.8 Å². The van der Waals surface area contributed by atoms with Crippen molar-refractivity contribution in [2.45, 2.75) is 20.3 Å². The van der Waals surface area contributed by atoms with E-state index in [-0.39, 0.29) is 11.8 Å². The van der Waals surface area contributed by atoms with Crippen LogP contribution in [0.2, 0.25) is 0 Å². The molecular formula is C18H19BrN2O2. The van der Waals surface area contributed by atoms with E-state index >= 15 is 0 Å². The number of rotatable bonds is 5. The average molecular weight is 375 g/mol. The van der Waals surface area contributed by atoms with Crippen LogP contribution in [0.15, 0.2) is 46.9 Å². The van der Waals surface area contributed by atoms with E-state index in [4.69, 9.17) is 0 Å². The molecule has 0 aliphatic carbocycles. The minimum atomic E-state index is -0.236. The van der Waals surface area contributed by atoms with Gasteiger partial charge in [-0.15, -0.1) is 0 Å². The van der Waals surface area contributed by atoms with E-state index in [1.54, 1.807) is 24.3 Å². The standard InChI is InChI=1S/C18H19BrN2O2/c1-3-9-20-17(22)13-5-4-6-14(11-13)18(23)21-16-8-7-15(19)10-12(16)2/h4-8,10-11H,3,9H2,1-2H3,(H,20,22)(H,21,23). The third kappa shape index (κ3) is 4.66. The van der Waals surface area contributed by atoms with Crippen molar-refractivity contribution in [3.63, 3.8) is 0 Å². The molecule has 0 unspecified atom stereocenters. The molecule has 2 aromatic rings. The Labute approximate surface area is 144 Å². The molecule has 0 heterocycles. The number of hydrogen-bond acceptors (Lipinski definition) is 2. The van der Waals surface area contributed by atoms with Crippen LogP contribution in [0, 0.1) is 6.92 Å². The lowest BCUT2D eigenvalue weighted by Gasteiger charge is -2.10. The van der Waals surface area contributed by atoms with Crippen molar-refractivity contribution in [1.82, 2.24) is 5.32 Å². The quantitative estimate of drug-likeness (QED) is 0.825. The Kier molecular flexibility index (Phi) is 5.93. The summed E-state index contributed by atoms with van der Waals surface area (Å²) in [6.45, 7) is 4.53. The maximum atomic E-state index is 12.4. The lowest BCUT2D eigenvalue weighted by atomic mass is 10.1. The highest BCUT2D eigenvalue weighted by Gasteiger charge is 2.11. The zero-order valence-corrected chi connectivity index (χ0v) is 14.7. The number of nitrogens with one attached hydrogen (secondary N) is 2. The van der Waals surface area contributed by atoms with E-state index in [0.717, 1.165) is 22.1 Å². The van der Waals surface area contributed by atoms with Crippen molar-refractivity contribution in [2.75, 3.05) is 11.9 Å². The van der Waals surface area contributed by atoms with Gasteiger partial charge in [-0.25, -0.2) is 0 Å². The van der Waals surface area contributed by atoms with Gasteiger partial charge in [0.15, 0.2) is 0 Å². The Morgan fingerprint density at radius 1 is 1.04 bits per heavy atom. The molecule has 0 radical (unpaired) electrons. The largest absolute Gasteiger partial charge is 0.352 e. The summed E-state index contributed by atoms with van der Waals surface area (Å²) in [5.41, 5.74) is 2.65. The van der Waals surface area contributed by atoms with Crippen LogP contribution < -0.4 is 10.6 Å². The van der Waals surface area contributed by atoms with E-state index in [0.29, 0.717) is 17.7 Å². The molecule has 4 nitrogen and oxygen atoms in total. The summed E-state index contributed by atoms with van der Waals surface area (Å²) in [4.78, 5) is 24.4. The Hall–Kier alpha value is -2.14.